The summed E-state index contributed by atoms with van der Waals surface area (Å²) in [5, 5.41) is 2.74. The van der Waals surface area contributed by atoms with Gasteiger partial charge in [-0.05, 0) is 29.8 Å². The third kappa shape index (κ3) is 4.47. The van der Waals surface area contributed by atoms with Gasteiger partial charge in [-0.3, -0.25) is 5.32 Å². The monoisotopic (exact) mass is 312 g/mol. The molecule has 0 spiro atoms. The van der Waals surface area contributed by atoms with Gasteiger partial charge in [0.1, 0.15) is 6.61 Å². The number of carbonyl (C=O) groups excluding carboxylic acids is 1. The number of morpholine rings is 1. The van der Waals surface area contributed by atoms with Crippen LogP contribution in [-0.2, 0) is 16.1 Å². The van der Waals surface area contributed by atoms with E-state index in [1.165, 1.54) is 0 Å². The van der Waals surface area contributed by atoms with Gasteiger partial charge in [0.2, 0.25) is 0 Å². The first kappa shape index (κ1) is 15.4. The molecule has 0 aliphatic carbocycles. The van der Waals surface area contributed by atoms with E-state index in [0.29, 0.717) is 0 Å². The lowest BCUT2D eigenvalue weighted by molar-refractivity contribution is 0.122. The van der Waals surface area contributed by atoms with Gasteiger partial charge >= 0.3 is 6.09 Å². The van der Waals surface area contributed by atoms with Gasteiger partial charge in [-0.2, -0.15) is 0 Å². The quantitative estimate of drug-likeness (QED) is 0.941. The van der Waals surface area contributed by atoms with Gasteiger partial charge in [0.05, 0.1) is 13.2 Å². The van der Waals surface area contributed by atoms with E-state index in [9.17, 15) is 4.79 Å². The van der Waals surface area contributed by atoms with Crippen molar-refractivity contribution in [2.45, 2.75) is 6.61 Å². The maximum atomic E-state index is 11.8. The predicted molar refractivity (Wildman–Crippen MR) is 89.7 cm³/mol. The van der Waals surface area contributed by atoms with Gasteiger partial charge in [-0.15, -0.1) is 0 Å². The molecule has 1 aliphatic heterocycles. The predicted octanol–water partition coefficient (Wildman–Crippen LogP) is 3.27. The molecule has 2 aromatic rings. The summed E-state index contributed by atoms with van der Waals surface area (Å²) < 4.78 is 10.5. The van der Waals surface area contributed by atoms with Crippen molar-refractivity contribution >= 4 is 17.5 Å². The van der Waals surface area contributed by atoms with Crippen molar-refractivity contribution in [3.8, 4) is 0 Å². The molecule has 2 aromatic carbocycles. The molecule has 5 nitrogen and oxygen atoms in total. The number of carbonyl (C=O) groups is 1. The molecule has 1 saturated heterocycles. The molecule has 0 unspecified atom stereocenters. The molecule has 5 heteroatoms. The summed E-state index contributed by atoms with van der Waals surface area (Å²) in [6.07, 6.45) is -0.451. The number of anilines is 2. The van der Waals surface area contributed by atoms with Gasteiger partial charge in [-0.25, -0.2) is 4.79 Å². The lowest BCUT2D eigenvalue weighted by atomic mass is 10.2. The number of rotatable bonds is 4. The Labute approximate surface area is 135 Å². The minimum absolute atomic E-state index is 0.262. The Hall–Kier alpha value is -2.53. The molecule has 1 heterocycles. The van der Waals surface area contributed by atoms with Gasteiger partial charge in [0.25, 0.3) is 0 Å². The summed E-state index contributed by atoms with van der Waals surface area (Å²) in [7, 11) is 0. The standard InChI is InChI=1S/C18H20N2O3/c21-18(23-14-15-4-2-1-3-5-15)19-16-6-8-17(9-7-16)20-10-12-22-13-11-20/h1-9H,10-14H2,(H,19,21). The normalized spacial score (nSPS) is 14.3. The van der Waals surface area contributed by atoms with Gasteiger partial charge in [0.15, 0.2) is 0 Å². The van der Waals surface area contributed by atoms with Crippen LogP contribution in [0.15, 0.2) is 54.6 Å². The van der Waals surface area contributed by atoms with Crippen molar-refractivity contribution in [3.05, 3.63) is 60.2 Å². The molecule has 0 bridgehead atoms. The van der Waals surface area contributed by atoms with E-state index in [4.69, 9.17) is 9.47 Å². The van der Waals surface area contributed by atoms with E-state index in [-0.39, 0.29) is 6.61 Å². The Balaban J connectivity index is 1.50. The minimum Gasteiger partial charge on any atom is -0.444 e. The number of hydrogen-bond donors (Lipinski definition) is 1. The second-order valence-electron chi connectivity index (χ2n) is 5.33. The van der Waals surface area contributed by atoms with E-state index in [0.717, 1.165) is 43.2 Å². The molecule has 1 fully saturated rings. The molecule has 1 aliphatic rings. The zero-order chi connectivity index (χ0) is 15.9. The third-order valence-corrected chi connectivity index (χ3v) is 3.70. The highest BCUT2D eigenvalue weighted by Gasteiger charge is 2.11. The molecule has 1 amide bonds. The molecule has 0 radical (unpaired) electrons. The first-order valence-electron chi connectivity index (χ1n) is 7.72. The van der Waals surface area contributed by atoms with E-state index in [1.54, 1.807) is 0 Å². The SMILES string of the molecule is O=C(Nc1ccc(N2CCOCC2)cc1)OCc1ccccc1. The molecular weight excluding hydrogens is 292 g/mol. The van der Waals surface area contributed by atoms with Crippen LogP contribution in [0.1, 0.15) is 5.56 Å². The van der Waals surface area contributed by atoms with Crippen molar-refractivity contribution < 1.29 is 14.3 Å². The number of benzene rings is 2. The van der Waals surface area contributed by atoms with Gasteiger partial charge < -0.3 is 14.4 Å². The van der Waals surface area contributed by atoms with Crippen molar-refractivity contribution in [1.82, 2.24) is 0 Å². The lowest BCUT2D eigenvalue weighted by Gasteiger charge is -2.28. The number of nitrogens with one attached hydrogen (secondary N) is 1. The largest absolute Gasteiger partial charge is 0.444 e. The molecule has 120 valence electrons. The van der Waals surface area contributed by atoms with Crippen LogP contribution in [0.25, 0.3) is 0 Å². The fourth-order valence-electron chi connectivity index (χ4n) is 2.45. The first-order valence-corrected chi connectivity index (χ1v) is 7.72. The smallest absolute Gasteiger partial charge is 0.411 e. The number of ether oxygens (including phenoxy) is 2. The van der Waals surface area contributed by atoms with Crippen molar-refractivity contribution in [3.63, 3.8) is 0 Å². The zero-order valence-electron chi connectivity index (χ0n) is 12.9. The number of amides is 1. The Morgan fingerprint density at radius 2 is 1.74 bits per heavy atom. The summed E-state index contributed by atoms with van der Waals surface area (Å²) in [5.74, 6) is 0. The molecule has 0 aromatic heterocycles. The summed E-state index contributed by atoms with van der Waals surface area (Å²) in [5.41, 5.74) is 2.82. The third-order valence-electron chi connectivity index (χ3n) is 3.70. The summed E-state index contributed by atoms with van der Waals surface area (Å²) in [6.45, 7) is 3.56. The van der Waals surface area contributed by atoms with Gasteiger partial charge in [0, 0.05) is 24.5 Å². The molecule has 1 N–H and O–H groups in total. The fraction of sp³-hybridized carbons (Fsp3) is 0.278. The van der Waals surface area contributed by atoms with Crippen molar-refractivity contribution in [1.29, 1.82) is 0 Å². The highest BCUT2D eigenvalue weighted by Crippen LogP contribution is 2.19. The van der Waals surface area contributed by atoms with Crippen LogP contribution in [0.3, 0.4) is 0 Å². The van der Waals surface area contributed by atoms with E-state index in [2.05, 4.69) is 10.2 Å². The minimum atomic E-state index is -0.451. The van der Waals surface area contributed by atoms with Crippen LogP contribution in [0.2, 0.25) is 0 Å². The average molecular weight is 312 g/mol. The van der Waals surface area contributed by atoms with Crippen LogP contribution >= 0.6 is 0 Å². The van der Waals surface area contributed by atoms with Crippen molar-refractivity contribution in [2.24, 2.45) is 0 Å². The number of nitrogens with zero attached hydrogens (tertiary/aromatic N) is 1. The van der Waals surface area contributed by atoms with Crippen molar-refractivity contribution in [2.75, 3.05) is 36.5 Å². The van der Waals surface area contributed by atoms with E-state index in [1.807, 2.05) is 54.6 Å². The highest BCUT2D eigenvalue weighted by atomic mass is 16.5. The number of hydrogen-bond acceptors (Lipinski definition) is 4. The maximum absolute atomic E-state index is 11.8. The summed E-state index contributed by atoms with van der Waals surface area (Å²) in [6, 6.07) is 17.4. The highest BCUT2D eigenvalue weighted by molar-refractivity contribution is 5.84. The molecule has 0 atom stereocenters. The molecule has 3 rings (SSSR count). The lowest BCUT2D eigenvalue weighted by Crippen LogP contribution is -2.36. The molecule has 23 heavy (non-hydrogen) atoms. The van der Waals surface area contributed by atoms with Crippen LogP contribution in [-0.4, -0.2) is 32.4 Å². The Kier molecular flexibility index (Phi) is 5.11. The fourth-order valence-corrected chi connectivity index (χ4v) is 2.45. The topological polar surface area (TPSA) is 50.8 Å². The van der Waals surface area contributed by atoms with E-state index >= 15 is 0 Å². The molecule has 0 saturated carbocycles. The van der Waals surface area contributed by atoms with Crippen LogP contribution in [0, 0.1) is 0 Å². The first-order chi connectivity index (χ1) is 11.3. The Morgan fingerprint density at radius 1 is 1.04 bits per heavy atom. The molecular formula is C18H20N2O3. The van der Waals surface area contributed by atoms with Crippen LogP contribution in [0.4, 0.5) is 16.2 Å². The van der Waals surface area contributed by atoms with Crippen LogP contribution < -0.4 is 10.2 Å². The average Bonchev–Trinajstić information content (AvgIpc) is 2.62. The summed E-state index contributed by atoms with van der Waals surface area (Å²) >= 11 is 0. The second-order valence-corrected chi connectivity index (χ2v) is 5.33. The second kappa shape index (κ2) is 7.65. The van der Waals surface area contributed by atoms with E-state index < -0.39 is 6.09 Å². The maximum Gasteiger partial charge on any atom is 0.411 e. The Morgan fingerprint density at radius 3 is 2.43 bits per heavy atom. The van der Waals surface area contributed by atoms with Crippen LogP contribution in [0.5, 0.6) is 0 Å². The zero-order valence-corrected chi connectivity index (χ0v) is 12.9. The Bertz CT molecular complexity index is 622. The van der Waals surface area contributed by atoms with Gasteiger partial charge in [-0.1, -0.05) is 30.3 Å². The summed E-state index contributed by atoms with van der Waals surface area (Å²) in [4.78, 5) is 14.1.